The minimum absolute atomic E-state index is 0.161. The van der Waals surface area contributed by atoms with Gasteiger partial charge in [-0.3, -0.25) is 14.4 Å². The van der Waals surface area contributed by atoms with Crippen molar-refractivity contribution in [1.29, 1.82) is 0 Å². The standard InChI is InChI=1S/C18H19FN2O4/c1-9-16(11(3)22)10(2)20-17(9)18(25)21-14(8-15(23)24)12-4-6-13(19)7-5-12/h4-7,14,20H,8H2,1-3H3,(H,21,25)(H,23,24). The third-order valence-electron chi connectivity index (χ3n) is 3.97. The van der Waals surface area contributed by atoms with Crippen LogP contribution >= 0.6 is 0 Å². The maximum Gasteiger partial charge on any atom is 0.305 e. The van der Waals surface area contributed by atoms with Gasteiger partial charge in [0.2, 0.25) is 0 Å². The van der Waals surface area contributed by atoms with E-state index in [9.17, 15) is 18.8 Å². The number of Topliss-reactive ketones (excluding diaryl/α,β-unsaturated/α-hetero) is 1. The summed E-state index contributed by atoms with van der Waals surface area (Å²) < 4.78 is 13.1. The number of aromatic nitrogens is 1. The predicted octanol–water partition coefficient (Wildman–Crippen LogP) is 2.92. The normalized spacial score (nSPS) is 11.8. The van der Waals surface area contributed by atoms with Gasteiger partial charge < -0.3 is 15.4 Å². The van der Waals surface area contributed by atoms with E-state index in [0.717, 1.165) is 0 Å². The number of halogens is 1. The fraction of sp³-hybridized carbons (Fsp3) is 0.278. The molecule has 1 unspecified atom stereocenters. The van der Waals surface area contributed by atoms with E-state index in [4.69, 9.17) is 5.11 Å². The topological polar surface area (TPSA) is 99.3 Å². The summed E-state index contributed by atoms with van der Waals surface area (Å²) in [5.41, 5.74) is 2.22. The Morgan fingerprint density at radius 1 is 1.20 bits per heavy atom. The molecule has 2 aromatic rings. The van der Waals surface area contributed by atoms with E-state index in [-0.39, 0.29) is 17.9 Å². The number of hydrogen-bond acceptors (Lipinski definition) is 3. The minimum Gasteiger partial charge on any atom is -0.481 e. The summed E-state index contributed by atoms with van der Waals surface area (Å²) in [6.07, 6.45) is -0.352. The van der Waals surface area contributed by atoms with Crippen LogP contribution in [-0.2, 0) is 4.79 Å². The van der Waals surface area contributed by atoms with Crippen LogP contribution in [0.15, 0.2) is 24.3 Å². The van der Waals surface area contributed by atoms with Gasteiger partial charge in [0.25, 0.3) is 5.91 Å². The first-order chi connectivity index (χ1) is 11.7. The van der Waals surface area contributed by atoms with Gasteiger partial charge in [0.1, 0.15) is 11.5 Å². The highest BCUT2D eigenvalue weighted by Crippen LogP contribution is 2.22. The molecule has 0 fully saturated rings. The minimum atomic E-state index is -1.10. The van der Waals surface area contributed by atoms with Crippen LogP contribution in [0.5, 0.6) is 0 Å². The van der Waals surface area contributed by atoms with E-state index < -0.39 is 23.7 Å². The molecule has 0 radical (unpaired) electrons. The molecule has 0 saturated heterocycles. The molecule has 0 spiro atoms. The predicted molar refractivity (Wildman–Crippen MR) is 89.1 cm³/mol. The van der Waals surface area contributed by atoms with Gasteiger partial charge in [-0.1, -0.05) is 12.1 Å². The highest BCUT2D eigenvalue weighted by atomic mass is 19.1. The van der Waals surface area contributed by atoms with Gasteiger partial charge in [0.05, 0.1) is 12.5 Å². The number of aryl methyl sites for hydroxylation is 1. The van der Waals surface area contributed by atoms with Crippen LogP contribution in [0.3, 0.4) is 0 Å². The molecule has 132 valence electrons. The third kappa shape index (κ3) is 4.12. The van der Waals surface area contributed by atoms with Crippen molar-refractivity contribution in [3.63, 3.8) is 0 Å². The van der Waals surface area contributed by atoms with E-state index in [1.807, 2.05) is 0 Å². The summed E-state index contributed by atoms with van der Waals surface area (Å²) in [7, 11) is 0. The Balaban J connectivity index is 2.31. The number of nitrogens with one attached hydrogen (secondary N) is 2. The van der Waals surface area contributed by atoms with Gasteiger partial charge in [0.15, 0.2) is 5.78 Å². The van der Waals surface area contributed by atoms with Crippen LogP contribution in [-0.4, -0.2) is 27.8 Å². The first-order valence-corrected chi connectivity index (χ1v) is 7.69. The molecule has 0 aliphatic rings. The van der Waals surface area contributed by atoms with Crippen LogP contribution in [0.2, 0.25) is 0 Å². The zero-order chi connectivity index (χ0) is 18.7. The summed E-state index contributed by atoms with van der Waals surface area (Å²) >= 11 is 0. The molecule has 0 saturated carbocycles. The zero-order valence-corrected chi connectivity index (χ0v) is 14.1. The van der Waals surface area contributed by atoms with Gasteiger partial charge in [-0.25, -0.2) is 4.39 Å². The van der Waals surface area contributed by atoms with Crippen molar-refractivity contribution in [2.45, 2.75) is 33.2 Å². The summed E-state index contributed by atoms with van der Waals surface area (Å²) in [6, 6.07) is 4.44. The molecule has 1 atom stereocenters. The van der Waals surface area contributed by atoms with Crippen molar-refractivity contribution in [3.05, 3.63) is 58.2 Å². The SMILES string of the molecule is CC(=O)c1c(C)[nH]c(C(=O)NC(CC(=O)O)c2ccc(F)cc2)c1C. The number of carbonyl (C=O) groups excluding carboxylic acids is 2. The Morgan fingerprint density at radius 2 is 1.80 bits per heavy atom. The molecule has 7 heteroatoms. The number of ketones is 1. The van der Waals surface area contributed by atoms with Gasteiger partial charge in [-0.2, -0.15) is 0 Å². The lowest BCUT2D eigenvalue weighted by molar-refractivity contribution is -0.137. The van der Waals surface area contributed by atoms with Gasteiger partial charge in [0, 0.05) is 11.3 Å². The lowest BCUT2D eigenvalue weighted by Gasteiger charge is -2.17. The second-order valence-electron chi connectivity index (χ2n) is 5.86. The third-order valence-corrected chi connectivity index (χ3v) is 3.97. The van der Waals surface area contributed by atoms with E-state index in [2.05, 4.69) is 10.3 Å². The van der Waals surface area contributed by atoms with E-state index in [0.29, 0.717) is 22.4 Å². The molecule has 6 nitrogen and oxygen atoms in total. The van der Waals surface area contributed by atoms with Crippen LogP contribution in [0.25, 0.3) is 0 Å². The molecule has 1 aromatic carbocycles. The number of carboxylic acids is 1. The number of aliphatic carboxylic acids is 1. The molecule has 3 N–H and O–H groups in total. The smallest absolute Gasteiger partial charge is 0.305 e. The van der Waals surface area contributed by atoms with Crippen LogP contribution in [0.4, 0.5) is 4.39 Å². The van der Waals surface area contributed by atoms with Crippen molar-refractivity contribution in [2.24, 2.45) is 0 Å². The molecule has 1 amide bonds. The van der Waals surface area contributed by atoms with Crippen molar-refractivity contribution in [1.82, 2.24) is 10.3 Å². The number of benzene rings is 1. The van der Waals surface area contributed by atoms with Crippen LogP contribution in [0, 0.1) is 19.7 Å². The van der Waals surface area contributed by atoms with Gasteiger partial charge >= 0.3 is 5.97 Å². The fourth-order valence-corrected chi connectivity index (χ4v) is 2.86. The summed E-state index contributed by atoms with van der Waals surface area (Å²) in [5, 5.41) is 11.7. The quantitative estimate of drug-likeness (QED) is 0.700. The largest absolute Gasteiger partial charge is 0.481 e. The van der Waals surface area contributed by atoms with E-state index in [1.165, 1.54) is 31.2 Å². The Kier molecular flexibility index (Phi) is 5.36. The number of carboxylic acid groups (broad SMARTS) is 1. The lowest BCUT2D eigenvalue weighted by Crippen LogP contribution is -2.31. The van der Waals surface area contributed by atoms with E-state index in [1.54, 1.807) is 13.8 Å². The monoisotopic (exact) mass is 346 g/mol. The highest BCUT2D eigenvalue weighted by Gasteiger charge is 2.24. The van der Waals surface area contributed by atoms with Crippen molar-refractivity contribution >= 4 is 17.7 Å². The number of H-pyrrole nitrogens is 1. The van der Waals surface area contributed by atoms with Crippen molar-refractivity contribution in [2.75, 3.05) is 0 Å². The second kappa shape index (κ2) is 7.29. The number of rotatable bonds is 6. The molecule has 25 heavy (non-hydrogen) atoms. The van der Waals surface area contributed by atoms with Crippen LogP contribution in [0.1, 0.15) is 57.1 Å². The first-order valence-electron chi connectivity index (χ1n) is 7.69. The average Bonchev–Trinajstić information content (AvgIpc) is 2.81. The number of aromatic amines is 1. The number of amides is 1. The molecule has 1 aromatic heterocycles. The molecule has 0 bridgehead atoms. The Labute approximate surface area is 144 Å². The molecule has 1 heterocycles. The second-order valence-corrected chi connectivity index (χ2v) is 5.86. The molecular weight excluding hydrogens is 327 g/mol. The highest BCUT2D eigenvalue weighted by molar-refractivity contribution is 6.02. The Morgan fingerprint density at radius 3 is 2.28 bits per heavy atom. The number of carbonyl (C=O) groups is 3. The van der Waals surface area contributed by atoms with Crippen molar-refractivity contribution in [3.8, 4) is 0 Å². The Bertz CT molecular complexity index is 824. The number of hydrogen-bond donors (Lipinski definition) is 3. The van der Waals surface area contributed by atoms with Gasteiger partial charge in [-0.15, -0.1) is 0 Å². The summed E-state index contributed by atoms with van der Waals surface area (Å²) in [5.74, 6) is -2.24. The maximum atomic E-state index is 13.1. The zero-order valence-electron chi connectivity index (χ0n) is 14.1. The molecule has 0 aliphatic carbocycles. The summed E-state index contributed by atoms with van der Waals surface area (Å²) in [4.78, 5) is 38.2. The first kappa shape index (κ1) is 18.4. The van der Waals surface area contributed by atoms with Crippen LogP contribution < -0.4 is 5.32 Å². The van der Waals surface area contributed by atoms with E-state index >= 15 is 0 Å². The average molecular weight is 346 g/mol. The molecular formula is C18H19FN2O4. The summed E-state index contributed by atoms with van der Waals surface area (Å²) in [6.45, 7) is 4.76. The fourth-order valence-electron chi connectivity index (χ4n) is 2.86. The van der Waals surface area contributed by atoms with Crippen molar-refractivity contribution < 1.29 is 23.9 Å². The maximum absolute atomic E-state index is 13.1. The molecule has 0 aliphatic heterocycles. The lowest BCUT2D eigenvalue weighted by atomic mass is 10.0. The Hall–Kier alpha value is -2.96. The molecule has 2 rings (SSSR count). The van der Waals surface area contributed by atoms with Gasteiger partial charge in [-0.05, 0) is 44.0 Å².